The van der Waals surface area contributed by atoms with Crippen LogP contribution in [0.3, 0.4) is 0 Å². The SMILES string of the molecule is COc1ccc(OC)c(Nc2ccc3c(c2)c2c4c(c5c(c2n3C2CCCC2)CCc2nn(C)cc2-5)C(=O)NC4)c1. The third-order valence-corrected chi connectivity index (χ3v) is 9.26. The molecule has 0 unspecified atom stereocenters. The zero-order chi connectivity index (χ0) is 27.8. The Balaban J connectivity index is 1.42. The fraction of sp³-hybridized carbons (Fsp3) is 0.333. The number of aryl methyl sites for hydroxylation is 3. The number of fused-ring (bicyclic) bond motifs is 10. The zero-order valence-electron chi connectivity index (χ0n) is 23.6. The van der Waals surface area contributed by atoms with Gasteiger partial charge in [-0.2, -0.15) is 5.10 Å². The molecule has 0 spiro atoms. The minimum atomic E-state index is 0.0204. The monoisotopic (exact) mass is 547 g/mol. The first-order valence-corrected chi connectivity index (χ1v) is 14.5. The predicted octanol–water partition coefficient (Wildman–Crippen LogP) is 6.41. The topological polar surface area (TPSA) is 82.3 Å². The van der Waals surface area contributed by atoms with E-state index in [0.717, 1.165) is 63.7 Å². The molecule has 2 N–H and O–H groups in total. The van der Waals surface area contributed by atoms with Crippen molar-refractivity contribution in [2.75, 3.05) is 19.5 Å². The molecule has 3 aliphatic rings. The van der Waals surface area contributed by atoms with Gasteiger partial charge in [-0.25, -0.2) is 0 Å². The van der Waals surface area contributed by atoms with Crippen molar-refractivity contribution < 1.29 is 14.3 Å². The van der Waals surface area contributed by atoms with Gasteiger partial charge in [0.15, 0.2) is 0 Å². The fourth-order valence-corrected chi connectivity index (χ4v) is 7.54. The van der Waals surface area contributed by atoms with Crippen LogP contribution in [0, 0.1) is 0 Å². The highest BCUT2D eigenvalue weighted by Crippen LogP contribution is 2.49. The molecule has 8 rings (SSSR count). The van der Waals surface area contributed by atoms with Crippen molar-refractivity contribution in [2.24, 2.45) is 7.05 Å². The maximum atomic E-state index is 13.5. The van der Waals surface area contributed by atoms with Gasteiger partial charge in [0.2, 0.25) is 0 Å². The molecule has 208 valence electrons. The summed E-state index contributed by atoms with van der Waals surface area (Å²) in [5, 5.41) is 13.9. The van der Waals surface area contributed by atoms with Gasteiger partial charge in [0.1, 0.15) is 11.5 Å². The van der Waals surface area contributed by atoms with Gasteiger partial charge in [-0.3, -0.25) is 9.48 Å². The summed E-state index contributed by atoms with van der Waals surface area (Å²) >= 11 is 0. The van der Waals surface area contributed by atoms with Gasteiger partial charge in [-0.05, 0) is 67.1 Å². The van der Waals surface area contributed by atoms with Gasteiger partial charge in [0.25, 0.3) is 5.91 Å². The van der Waals surface area contributed by atoms with Crippen molar-refractivity contribution in [3.8, 4) is 22.6 Å². The number of nitrogens with one attached hydrogen (secondary N) is 2. The molecule has 1 fully saturated rings. The molecule has 3 heterocycles. The highest BCUT2D eigenvalue weighted by molar-refractivity contribution is 6.20. The number of carbonyl (C=O) groups excluding carboxylic acids is 1. The van der Waals surface area contributed by atoms with Crippen molar-refractivity contribution in [3.63, 3.8) is 0 Å². The van der Waals surface area contributed by atoms with E-state index in [1.54, 1.807) is 14.2 Å². The summed E-state index contributed by atoms with van der Waals surface area (Å²) < 4.78 is 15.6. The van der Waals surface area contributed by atoms with E-state index in [-0.39, 0.29) is 5.91 Å². The Labute approximate surface area is 238 Å². The molecule has 0 bridgehead atoms. The summed E-state index contributed by atoms with van der Waals surface area (Å²) in [6, 6.07) is 12.9. The lowest BCUT2D eigenvalue weighted by molar-refractivity contribution is 0.0966. The smallest absolute Gasteiger partial charge is 0.252 e. The third kappa shape index (κ3) is 3.52. The second-order valence-electron chi connectivity index (χ2n) is 11.5. The molecule has 8 nitrogen and oxygen atoms in total. The second-order valence-corrected chi connectivity index (χ2v) is 11.5. The van der Waals surface area contributed by atoms with Crippen molar-refractivity contribution in [1.29, 1.82) is 0 Å². The van der Waals surface area contributed by atoms with E-state index < -0.39 is 0 Å². The Morgan fingerprint density at radius 3 is 2.66 bits per heavy atom. The number of rotatable bonds is 5. The van der Waals surface area contributed by atoms with Crippen LogP contribution in [0.15, 0.2) is 42.6 Å². The van der Waals surface area contributed by atoms with Crippen LogP contribution in [0.4, 0.5) is 11.4 Å². The Morgan fingerprint density at radius 2 is 1.85 bits per heavy atom. The minimum absolute atomic E-state index is 0.0204. The summed E-state index contributed by atoms with van der Waals surface area (Å²) in [5.74, 6) is 1.53. The van der Waals surface area contributed by atoms with Crippen LogP contribution in [-0.4, -0.2) is 34.5 Å². The van der Waals surface area contributed by atoms with Crippen LogP contribution in [0.2, 0.25) is 0 Å². The lowest BCUT2D eigenvalue weighted by Gasteiger charge is -2.23. The standard InChI is InChI=1S/C33H33N5O3/c1-37-17-24-25(36-37)11-10-21-29(24)31-23(16-34-33(31)39)30-22-14-18(35-26-15-20(40-2)9-13-28(26)41-3)8-12-27(22)38(32(21)30)19-6-4-5-7-19/h8-9,12-15,17,19,35H,4-7,10-11,16H2,1-3H3,(H,34,39). The molecule has 1 aliphatic heterocycles. The minimum Gasteiger partial charge on any atom is -0.497 e. The Morgan fingerprint density at radius 1 is 1.00 bits per heavy atom. The van der Waals surface area contributed by atoms with Crippen LogP contribution < -0.4 is 20.1 Å². The highest BCUT2D eigenvalue weighted by atomic mass is 16.5. The van der Waals surface area contributed by atoms with Crippen LogP contribution in [0.1, 0.15) is 58.9 Å². The molecule has 2 aromatic heterocycles. The average molecular weight is 548 g/mol. The third-order valence-electron chi connectivity index (χ3n) is 9.26. The normalized spacial score (nSPS) is 16.1. The zero-order valence-corrected chi connectivity index (χ0v) is 23.6. The molecule has 3 aromatic carbocycles. The Bertz CT molecular complexity index is 1890. The maximum Gasteiger partial charge on any atom is 0.252 e. The van der Waals surface area contributed by atoms with Gasteiger partial charge in [-0.1, -0.05) is 12.8 Å². The van der Waals surface area contributed by atoms with Gasteiger partial charge < -0.3 is 24.7 Å². The molecule has 0 atom stereocenters. The maximum absolute atomic E-state index is 13.5. The quantitative estimate of drug-likeness (QED) is 0.266. The Kier molecular flexibility index (Phi) is 5.36. The molecule has 5 aromatic rings. The van der Waals surface area contributed by atoms with Gasteiger partial charge in [-0.15, -0.1) is 0 Å². The molecule has 0 saturated heterocycles. The molecule has 1 saturated carbocycles. The van der Waals surface area contributed by atoms with Crippen LogP contribution in [0.5, 0.6) is 11.5 Å². The number of benzene rings is 3. The van der Waals surface area contributed by atoms with E-state index in [0.29, 0.717) is 12.6 Å². The number of hydrogen-bond acceptors (Lipinski definition) is 5. The number of anilines is 2. The van der Waals surface area contributed by atoms with Gasteiger partial charge in [0.05, 0.1) is 36.7 Å². The summed E-state index contributed by atoms with van der Waals surface area (Å²) in [6.45, 7) is 0.540. The summed E-state index contributed by atoms with van der Waals surface area (Å²) in [7, 11) is 5.31. The predicted molar refractivity (Wildman–Crippen MR) is 161 cm³/mol. The van der Waals surface area contributed by atoms with E-state index >= 15 is 0 Å². The van der Waals surface area contributed by atoms with Crippen molar-refractivity contribution in [3.05, 3.63) is 65.0 Å². The number of hydrogen-bond donors (Lipinski definition) is 2. The van der Waals surface area contributed by atoms with Gasteiger partial charge in [0, 0.05) is 65.0 Å². The van der Waals surface area contributed by atoms with E-state index in [1.807, 2.05) is 29.9 Å². The molecule has 2 aliphatic carbocycles. The highest BCUT2D eigenvalue weighted by Gasteiger charge is 2.36. The number of aromatic nitrogens is 3. The number of amides is 1. The molecular formula is C33H33N5O3. The summed E-state index contributed by atoms with van der Waals surface area (Å²) in [4.78, 5) is 13.5. The second kappa shape index (κ2) is 9.03. The van der Waals surface area contributed by atoms with E-state index in [4.69, 9.17) is 14.6 Å². The van der Waals surface area contributed by atoms with Crippen LogP contribution in [-0.2, 0) is 26.4 Å². The first-order chi connectivity index (χ1) is 20.1. The molecular weight excluding hydrogens is 514 g/mol. The molecule has 41 heavy (non-hydrogen) atoms. The average Bonchev–Trinajstić information content (AvgIpc) is 3.77. The number of ether oxygens (including phenoxy) is 2. The largest absolute Gasteiger partial charge is 0.497 e. The van der Waals surface area contributed by atoms with Crippen LogP contribution in [0.25, 0.3) is 32.9 Å². The van der Waals surface area contributed by atoms with Crippen molar-refractivity contribution in [1.82, 2.24) is 19.7 Å². The summed E-state index contributed by atoms with van der Waals surface area (Å²) in [5.41, 5.74) is 10.9. The number of nitrogens with zero attached hydrogens (tertiary/aromatic N) is 3. The molecule has 8 heteroatoms. The van der Waals surface area contributed by atoms with Crippen LogP contribution >= 0.6 is 0 Å². The number of methoxy groups -OCH3 is 2. The molecule has 1 amide bonds. The fourth-order valence-electron chi connectivity index (χ4n) is 7.54. The Hall–Kier alpha value is -4.46. The van der Waals surface area contributed by atoms with Gasteiger partial charge >= 0.3 is 0 Å². The lowest BCUT2D eigenvalue weighted by Crippen LogP contribution is -2.15. The first kappa shape index (κ1) is 24.3. The lowest BCUT2D eigenvalue weighted by atomic mass is 9.82. The summed E-state index contributed by atoms with van der Waals surface area (Å²) in [6.07, 6.45) is 8.72. The van der Waals surface area contributed by atoms with E-state index in [2.05, 4.69) is 39.6 Å². The van der Waals surface area contributed by atoms with E-state index in [9.17, 15) is 4.79 Å². The molecule has 0 radical (unpaired) electrons. The first-order valence-electron chi connectivity index (χ1n) is 14.5. The van der Waals surface area contributed by atoms with Crippen molar-refractivity contribution >= 4 is 39.1 Å². The van der Waals surface area contributed by atoms with E-state index in [1.165, 1.54) is 53.1 Å². The van der Waals surface area contributed by atoms with Crippen molar-refractivity contribution in [2.45, 2.75) is 51.1 Å². The number of carbonyl (C=O) groups is 1.